The van der Waals surface area contributed by atoms with Gasteiger partial charge in [-0.1, -0.05) is 0 Å². The lowest BCUT2D eigenvalue weighted by molar-refractivity contribution is -0.384. The summed E-state index contributed by atoms with van der Waals surface area (Å²) in [7, 11) is 1.28. The van der Waals surface area contributed by atoms with E-state index < -0.39 is 28.7 Å². The smallest absolute Gasteiger partial charge is 0.337 e. The molecule has 2 aromatic carbocycles. The second-order valence-corrected chi connectivity index (χ2v) is 9.08. The number of nitro benzene ring substituents is 1. The SMILES string of the molecule is CCn1nc(C)cc1C(=O)Nc1nc2cc(C(=O)OC)ccc2n1CC(C)Nc1ccc(C(N)=O)cc1[N+](=O)[O-]. The molecule has 0 radical (unpaired) electrons. The highest BCUT2D eigenvalue weighted by Gasteiger charge is 2.22. The van der Waals surface area contributed by atoms with Crippen LogP contribution in [0.15, 0.2) is 42.5 Å². The predicted molar refractivity (Wildman–Crippen MR) is 146 cm³/mol. The standard InChI is InChI=1S/C26H28N8O6/c1-5-33-22(10-14(2)31-33)24(36)30-26-29-19-11-17(25(37)40-4)7-9-20(19)32(26)13-15(3)28-18-8-6-16(23(27)35)12-21(18)34(38)39/h6-12,15,28H,5,13H2,1-4H3,(H2,27,35)(H,29,30,36). The molecule has 2 heterocycles. The maximum Gasteiger partial charge on any atom is 0.337 e. The van der Waals surface area contributed by atoms with E-state index in [4.69, 9.17) is 10.5 Å². The van der Waals surface area contributed by atoms with Gasteiger partial charge in [-0.05, 0) is 57.2 Å². The molecule has 4 rings (SSSR count). The summed E-state index contributed by atoms with van der Waals surface area (Å²) in [6.45, 7) is 6.15. The van der Waals surface area contributed by atoms with Crippen LogP contribution >= 0.6 is 0 Å². The molecule has 0 aliphatic heterocycles. The minimum Gasteiger partial charge on any atom is -0.465 e. The summed E-state index contributed by atoms with van der Waals surface area (Å²) in [4.78, 5) is 52.4. The summed E-state index contributed by atoms with van der Waals surface area (Å²) in [5, 5.41) is 21.9. The van der Waals surface area contributed by atoms with Gasteiger partial charge in [0.2, 0.25) is 11.9 Å². The van der Waals surface area contributed by atoms with Crippen LogP contribution in [-0.2, 0) is 17.8 Å². The second-order valence-electron chi connectivity index (χ2n) is 9.08. The Hall–Kier alpha value is -5.27. The Labute approximate surface area is 228 Å². The summed E-state index contributed by atoms with van der Waals surface area (Å²) in [6.07, 6.45) is 0. The van der Waals surface area contributed by atoms with Crippen LogP contribution in [0.3, 0.4) is 0 Å². The quantitative estimate of drug-likeness (QED) is 0.152. The number of carbonyl (C=O) groups is 3. The van der Waals surface area contributed by atoms with Crippen LogP contribution < -0.4 is 16.4 Å². The number of hydrogen-bond donors (Lipinski definition) is 3. The molecule has 40 heavy (non-hydrogen) atoms. The van der Waals surface area contributed by atoms with Crippen LogP contribution in [0.1, 0.15) is 50.7 Å². The molecule has 4 aromatic rings. The van der Waals surface area contributed by atoms with Gasteiger partial charge < -0.3 is 20.4 Å². The number of ether oxygens (including phenoxy) is 1. The number of nitrogens with zero attached hydrogens (tertiary/aromatic N) is 5. The third-order valence-corrected chi connectivity index (χ3v) is 6.17. The Bertz CT molecular complexity index is 1640. The first-order valence-corrected chi connectivity index (χ1v) is 12.3. The number of primary amides is 1. The third-order valence-electron chi connectivity index (χ3n) is 6.17. The molecule has 14 nitrogen and oxygen atoms in total. The van der Waals surface area contributed by atoms with Crippen LogP contribution in [0.2, 0.25) is 0 Å². The molecule has 4 N–H and O–H groups in total. The van der Waals surface area contributed by atoms with Gasteiger partial charge >= 0.3 is 5.97 Å². The number of nitrogens with two attached hydrogens (primary N) is 1. The fourth-order valence-electron chi connectivity index (χ4n) is 4.33. The fraction of sp³-hybridized carbons (Fsp3) is 0.269. The molecule has 2 amide bonds. The summed E-state index contributed by atoms with van der Waals surface area (Å²) < 4.78 is 8.12. The normalized spacial score (nSPS) is 11.7. The molecule has 0 aliphatic carbocycles. The Morgan fingerprint density at radius 2 is 1.88 bits per heavy atom. The Morgan fingerprint density at radius 3 is 2.52 bits per heavy atom. The van der Waals surface area contributed by atoms with Crippen LogP contribution in [0.5, 0.6) is 0 Å². The molecule has 1 atom stereocenters. The van der Waals surface area contributed by atoms with Crippen molar-refractivity contribution in [2.45, 2.75) is 39.9 Å². The van der Waals surface area contributed by atoms with E-state index in [1.54, 1.807) is 47.4 Å². The van der Waals surface area contributed by atoms with Crippen LogP contribution in [0.4, 0.5) is 17.3 Å². The molecular formula is C26H28N8O6. The molecule has 0 aliphatic rings. The number of amides is 2. The number of nitrogens with one attached hydrogen (secondary N) is 2. The zero-order valence-electron chi connectivity index (χ0n) is 22.3. The molecule has 0 spiro atoms. The minimum absolute atomic E-state index is 0.0125. The van der Waals surface area contributed by atoms with Gasteiger partial charge in [-0.15, -0.1) is 0 Å². The van der Waals surface area contributed by atoms with Crippen molar-refractivity contribution in [3.05, 3.63) is 75.1 Å². The number of aryl methyl sites for hydroxylation is 2. The van der Waals surface area contributed by atoms with Crippen molar-refractivity contribution in [3.8, 4) is 0 Å². The van der Waals surface area contributed by atoms with E-state index in [-0.39, 0.29) is 35.0 Å². The number of anilines is 2. The number of aromatic nitrogens is 4. The van der Waals surface area contributed by atoms with Gasteiger partial charge in [-0.25, -0.2) is 9.78 Å². The van der Waals surface area contributed by atoms with Crippen molar-refractivity contribution in [1.29, 1.82) is 0 Å². The van der Waals surface area contributed by atoms with Crippen molar-refractivity contribution in [2.24, 2.45) is 5.73 Å². The first kappa shape index (κ1) is 27.8. The molecule has 2 aromatic heterocycles. The average molecular weight is 549 g/mol. The van der Waals surface area contributed by atoms with Gasteiger partial charge in [0, 0.05) is 30.8 Å². The van der Waals surface area contributed by atoms with Gasteiger partial charge in [-0.2, -0.15) is 5.10 Å². The van der Waals surface area contributed by atoms with E-state index in [0.29, 0.717) is 29.0 Å². The minimum atomic E-state index is -0.779. The summed E-state index contributed by atoms with van der Waals surface area (Å²) in [5.41, 5.74) is 7.53. The Balaban J connectivity index is 1.70. The number of esters is 1. The highest BCUT2D eigenvalue weighted by molar-refractivity contribution is 6.03. The van der Waals surface area contributed by atoms with Gasteiger partial charge in [0.05, 0.1) is 34.3 Å². The maximum atomic E-state index is 13.2. The molecule has 0 saturated heterocycles. The van der Waals surface area contributed by atoms with Gasteiger partial charge in [0.25, 0.3) is 11.6 Å². The van der Waals surface area contributed by atoms with Crippen molar-refractivity contribution >= 4 is 46.1 Å². The monoisotopic (exact) mass is 548 g/mol. The number of carbonyl (C=O) groups excluding carboxylic acids is 3. The third kappa shape index (κ3) is 5.60. The molecule has 0 fully saturated rings. The maximum absolute atomic E-state index is 13.2. The van der Waals surface area contributed by atoms with E-state index in [0.717, 1.165) is 6.07 Å². The predicted octanol–water partition coefficient (Wildman–Crippen LogP) is 3.11. The molecule has 208 valence electrons. The number of fused-ring (bicyclic) bond motifs is 1. The highest BCUT2D eigenvalue weighted by atomic mass is 16.6. The summed E-state index contributed by atoms with van der Waals surface area (Å²) in [6, 6.07) is 9.99. The second kappa shape index (κ2) is 11.2. The zero-order chi connectivity index (χ0) is 29.1. The number of benzene rings is 2. The van der Waals surface area contributed by atoms with Gasteiger partial charge in [-0.3, -0.25) is 29.7 Å². The average Bonchev–Trinajstić information content (AvgIpc) is 3.47. The molecule has 0 saturated carbocycles. The lowest BCUT2D eigenvalue weighted by Crippen LogP contribution is -2.25. The molecule has 14 heteroatoms. The highest BCUT2D eigenvalue weighted by Crippen LogP contribution is 2.28. The molecule has 0 bridgehead atoms. The van der Waals surface area contributed by atoms with Gasteiger partial charge in [0.1, 0.15) is 11.4 Å². The van der Waals surface area contributed by atoms with Crippen molar-refractivity contribution in [1.82, 2.24) is 19.3 Å². The van der Waals surface area contributed by atoms with Crippen molar-refractivity contribution in [2.75, 3.05) is 17.7 Å². The number of methoxy groups -OCH3 is 1. The van der Waals surface area contributed by atoms with Gasteiger partial charge in [0.15, 0.2) is 0 Å². The lowest BCUT2D eigenvalue weighted by Gasteiger charge is -2.18. The first-order valence-electron chi connectivity index (χ1n) is 12.3. The first-order chi connectivity index (χ1) is 19.0. The zero-order valence-corrected chi connectivity index (χ0v) is 22.3. The summed E-state index contributed by atoms with van der Waals surface area (Å²) in [5.74, 6) is -1.54. The van der Waals surface area contributed by atoms with E-state index in [2.05, 4.69) is 20.7 Å². The fourth-order valence-corrected chi connectivity index (χ4v) is 4.33. The van der Waals surface area contributed by atoms with E-state index in [1.807, 2.05) is 6.92 Å². The number of nitro groups is 1. The topological polar surface area (TPSA) is 189 Å². The Morgan fingerprint density at radius 1 is 1.15 bits per heavy atom. The number of hydrogen-bond acceptors (Lipinski definition) is 9. The number of rotatable bonds is 10. The van der Waals surface area contributed by atoms with Crippen molar-refractivity contribution < 1.29 is 24.0 Å². The van der Waals surface area contributed by atoms with E-state index in [1.165, 1.54) is 19.2 Å². The lowest BCUT2D eigenvalue weighted by atomic mass is 10.1. The van der Waals surface area contributed by atoms with E-state index in [9.17, 15) is 24.5 Å². The van der Waals surface area contributed by atoms with Crippen LogP contribution in [-0.4, -0.2) is 55.2 Å². The summed E-state index contributed by atoms with van der Waals surface area (Å²) >= 11 is 0. The van der Waals surface area contributed by atoms with E-state index >= 15 is 0 Å². The van der Waals surface area contributed by atoms with Crippen LogP contribution in [0.25, 0.3) is 11.0 Å². The van der Waals surface area contributed by atoms with Crippen molar-refractivity contribution in [3.63, 3.8) is 0 Å². The number of imidazole rings is 1. The molecule has 1 unspecified atom stereocenters. The van der Waals surface area contributed by atoms with Crippen LogP contribution in [0, 0.1) is 17.0 Å². The molecular weight excluding hydrogens is 520 g/mol. The Kier molecular flexibility index (Phi) is 7.79. The largest absolute Gasteiger partial charge is 0.465 e.